The Morgan fingerprint density at radius 2 is 1.71 bits per heavy atom. The van der Waals surface area contributed by atoms with Crippen LogP contribution in [0.4, 0.5) is 10.5 Å². The van der Waals surface area contributed by atoms with Crippen LogP contribution in [0.5, 0.6) is 0 Å². The first kappa shape index (κ1) is 20.2. The Balaban J connectivity index is 1.60. The first-order chi connectivity index (χ1) is 13.1. The van der Waals surface area contributed by atoms with E-state index < -0.39 is 5.60 Å². The number of carbonyl (C=O) groups is 2. The summed E-state index contributed by atoms with van der Waals surface area (Å²) in [7, 11) is 0. The molecule has 0 aliphatic carbocycles. The molecule has 0 unspecified atom stereocenters. The quantitative estimate of drug-likeness (QED) is 0.675. The molecular formula is C22H29N3O3. The number of piperidine rings is 1. The molecule has 0 N–H and O–H groups in total. The molecule has 2 saturated heterocycles. The Morgan fingerprint density at radius 1 is 1.11 bits per heavy atom. The van der Waals surface area contributed by atoms with E-state index in [0.29, 0.717) is 24.3 Å². The highest BCUT2D eigenvalue weighted by Gasteiger charge is 2.43. The average Bonchev–Trinajstić information content (AvgIpc) is 3.03. The second kappa shape index (κ2) is 7.46. The number of likely N-dealkylation sites (tertiary alicyclic amines) is 2. The van der Waals surface area contributed by atoms with Gasteiger partial charge in [-0.25, -0.2) is 9.64 Å². The van der Waals surface area contributed by atoms with Crippen molar-refractivity contribution in [2.24, 2.45) is 5.41 Å². The molecule has 3 rings (SSSR count). The van der Waals surface area contributed by atoms with Crippen molar-refractivity contribution in [2.45, 2.75) is 52.6 Å². The van der Waals surface area contributed by atoms with E-state index in [0.717, 1.165) is 37.9 Å². The number of aryl methyl sites for hydroxylation is 1. The normalized spacial score (nSPS) is 18.8. The first-order valence-corrected chi connectivity index (χ1v) is 9.88. The predicted octanol–water partition coefficient (Wildman–Crippen LogP) is 4.41. The van der Waals surface area contributed by atoms with Crippen LogP contribution in [0.15, 0.2) is 18.2 Å². The third kappa shape index (κ3) is 4.30. The highest BCUT2D eigenvalue weighted by Crippen LogP contribution is 2.41. The molecule has 28 heavy (non-hydrogen) atoms. The minimum Gasteiger partial charge on any atom is -0.444 e. The van der Waals surface area contributed by atoms with Crippen LogP contribution in [0.2, 0.25) is 0 Å². The monoisotopic (exact) mass is 383 g/mol. The molecule has 1 aromatic carbocycles. The fourth-order valence-electron chi connectivity index (χ4n) is 4.10. The lowest BCUT2D eigenvalue weighted by molar-refractivity contribution is 0.0108. The third-order valence-corrected chi connectivity index (χ3v) is 5.77. The summed E-state index contributed by atoms with van der Waals surface area (Å²) in [5, 5.41) is 0. The minimum absolute atomic E-state index is 0.0334. The van der Waals surface area contributed by atoms with Crippen LogP contribution in [-0.4, -0.2) is 53.6 Å². The van der Waals surface area contributed by atoms with Crippen molar-refractivity contribution in [1.82, 2.24) is 9.80 Å². The summed E-state index contributed by atoms with van der Waals surface area (Å²) < 4.78 is 5.48. The predicted molar refractivity (Wildman–Crippen MR) is 107 cm³/mol. The van der Waals surface area contributed by atoms with Gasteiger partial charge in [-0.15, -0.1) is 0 Å². The number of hydrogen-bond donors (Lipinski definition) is 0. The SMILES string of the molecule is [C-]#[N+]c1ccc(C(=O)N2CCC3(CCN(C(=O)OC(C)(C)C)CC3)C2)cc1C. The van der Waals surface area contributed by atoms with E-state index in [1.54, 1.807) is 17.0 Å². The summed E-state index contributed by atoms with van der Waals surface area (Å²) in [5.41, 5.74) is 1.68. The highest BCUT2D eigenvalue weighted by molar-refractivity contribution is 5.95. The lowest BCUT2D eigenvalue weighted by atomic mass is 9.78. The Bertz CT molecular complexity index is 811. The number of amides is 2. The van der Waals surface area contributed by atoms with Crippen molar-refractivity contribution in [1.29, 1.82) is 0 Å². The maximum atomic E-state index is 12.9. The fourth-order valence-corrected chi connectivity index (χ4v) is 4.10. The van der Waals surface area contributed by atoms with Crippen molar-refractivity contribution in [3.8, 4) is 0 Å². The molecule has 1 aromatic rings. The van der Waals surface area contributed by atoms with Crippen molar-refractivity contribution >= 4 is 17.7 Å². The van der Waals surface area contributed by atoms with Gasteiger partial charge in [-0.1, -0.05) is 18.2 Å². The van der Waals surface area contributed by atoms with Crippen LogP contribution in [0.25, 0.3) is 4.85 Å². The second-order valence-electron chi connectivity index (χ2n) is 9.06. The lowest BCUT2D eigenvalue weighted by Gasteiger charge is -2.39. The van der Waals surface area contributed by atoms with Gasteiger partial charge in [0.15, 0.2) is 5.69 Å². The van der Waals surface area contributed by atoms with Crippen molar-refractivity contribution in [2.75, 3.05) is 26.2 Å². The van der Waals surface area contributed by atoms with Gasteiger partial charge in [-0.3, -0.25) is 4.79 Å². The summed E-state index contributed by atoms with van der Waals surface area (Å²) in [5.74, 6) is 0.0334. The standard InChI is InChI=1S/C22H29N3O3/c1-16-14-17(6-7-18(16)23-5)19(26)25-13-10-22(15-25)8-11-24(12-9-22)20(27)28-21(2,3)4/h6-7,14H,8-13,15H2,1-4H3. The van der Waals surface area contributed by atoms with Gasteiger partial charge in [-0.05, 0) is 57.9 Å². The molecule has 6 nitrogen and oxygen atoms in total. The van der Waals surface area contributed by atoms with E-state index in [4.69, 9.17) is 11.3 Å². The summed E-state index contributed by atoms with van der Waals surface area (Å²) in [6.45, 7) is 17.5. The fraction of sp³-hybridized carbons (Fsp3) is 0.591. The zero-order valence-electron chi connectivity index (χ0n) is 17.2. The molecule has 2 fully saturated rings. The molecule has 2 amide bonds. The van der Waals surface area contributed by atoms with Crippen LogP contribution in [-0.2, 0) is 4.74 Å². The molecule has 2 aliphatic rings. The van der Waals surface area contributed by atoms with Gasteiger partial charge in [0, 0.05) is 31.7 Å². The lowest BCUT2D eigenvalue weighted by Crippen LogP contribution is -2.46. The summed E-state index contributed by atoms with van der Waals surface area (Å²) in [4.78, 5) is 32.4. The van der Waals surface area contributed by atoms with E-state index in [-0.39, 0.29) is 17.4 Å². The van der Waals surface area contributed by atoms with Gasteiger partial charge < -0.3 is 14.5 Å². The third-order valence-electron chi connectivity index (χ3n) is 5.77. The smallest absolute Gasteiger partial charge is 0.410 e. The van der Waals surface area contributed by atoms with Crippen LogP contribution in [0, 0.1) is 18.9 Å². The molecule has 2 aliphatic heterocycles. The molecule has 1 spiro atoms. The number of carbonyl (C=O) groups excluding carboxylic acids is 2. The largest absolute Gasteiger partial charge is 0.444 e. The van der Waals surface area contributed by atoms with Gasteiger partial charge >= 0.3 is 6.09 Å². The molecule has 0 aromatic heterocycles. The van der Waals surface area contributed by atoms with Gasteiger partial charge in [-0.2, -0.15) is 0 Å². The zero-order chi connectivity index (χ0) is 20.5. The maximum Gasteiger partial charge on any atom is 0.410 e. The average molecular weight is 383 g/mol. The molecule has 2 heterocycles. The van der Waals surface area contributed by atoms with E-state index in [2.05, 4.69) is 4.85 Å². The van der Waals surface area contributed by atoms with Crippen LogP contribution in [0.3, 0.4) is 0 Å². The van der Waals surface area contributed by atoms with E-state index in [9.17, 15) is 9.59 Å². The van der Waals surface area contributed by atoms with Crippen LogP contribution in [0.1, 0.15) is 56.0 Å². The summed E-state index contributed by atoms with van der Waals surface area (Å²) in [6.07, 6.45) is 2.51. The minimum atomic E-state index is -0.482. The van der Waals surface area contributed by atoms with Gasteiger partial charge in [0.25, 0.3) is 5.91 Å². The van der Waals surface area contributed by atoms with E-state index in [1.807, 2.05) is 38.7 Å². The first-order valence-electron chi connectivity index (χ1n) is 9.88. The summed E-state index contributed by atoms with van der Waals surface area (Å²) >= 11 is 0. The number of ether oxygens (including phenoxy) is 1. The highest BCUT2D eigenvalue weighted by atomic mass is 16.6. The molecular weight excluding hydrogens is 354 g/mol. The Kier molecular flexibility index (Phi) is 5.38. The van der Waals surface area contributed by atoms with Crippen molar-refractivity contribution in [3.05, 3.63) is 40.7 Å². The van der Waals surface area contributed by atoms with Gasteiger partial charge in [0.2, 0.25) is 0 Å². The Labute approximate surface area is 167 Å². The molecule has 0 atom stereocenters. The number of rotatable bonds is 1. The van der Waals surface area contributed by atoms with Crippen LogP contribution < -0.4 is 0 Å². The van der Waals surface area contributed by atoms with Crippen LogP contribution >= 0.6 is 0 Å². The van der Waals surface area contributed by atoms with E-state index >= 15 is 0 Å². The topological polar surface area (TPSA) is 54.2 Å². The zero-order valence-corrected chi connectivity index (χ0v) is 17.2. The molecule has 0 saturated carbocycles. The second-order valence-corrected chi connectivity index (χ2v) is 9.06. The molecule has 150 valence electrons. The van der Waals surface area contributed by atoms with Gasteiger partial charge in [0.1, 0.15) is 5.60 Å². The molecule has 0 radical (unpaired) electrons. The summed E-state index contributed by atoms with van der Waals surface area (Å²) in [6, 6.07) is 5.28. The molecule has 6 heteroatoms. The van der Waals surface area contributed by atoms with Crippen molar-refractivity contribution in [3.63, 3.8) is 0 Å². The Hall–Kier alpha value is -2.55. The maximum absolute atomic E-state index is 12.9. The Morgan fingerprint density at radius 3 is 2.25 bits per heavy atom. The van der Waals surface area contributed by atoms with E-state index in [1.165, 1.54) is 0 Å². The van der Waals surface area contributed by atoms with Crippen molar-refractivity contribution < 1.29 is 14.3 Å². The molecule has 0 bridgehead atoms. The van der Waals surface area contributed by atoms with Gasteiger partial charge in [0.05, 0.1) is 6.57 Å². The number of benzene rings is 1. The number of hydrogen-bond acceptors (Lipinski definition) is 3. The number of nitrogens with zero attached hydrogens (tertiary/aromatic N) is 3.